The van der Waals surface area contributed by atoms with Crippen molar-refractivity contribution in [3.63, 3.8) is 0 Å². The number of nitrogens with zero attached hydrogens (tertiary/aromatic N) is 1. The number of hydrogen-bond acceptors (Lipinski definition) is 3. The Bertz CT molecular complexity index is 486. The first-order chi connectivity index (χ1) is 10.2. The monoisotopic (exact) mass is 355 g/mol. The Kier molecular flexibility index (Phi) is 6.06. The summed E-state index contributed by atoms with van der Waals surface area (Å²) in [6, 6.07) is 5.44. The Morgan fingerprint density at radius 2 is 2.33 bits per heavy atom. The van der Waals surface area contributed by atoms with Crippen LogP contribution in [0.15, 0.2) is 22.7 Å². The van der Waals surface area contributed by atoms with Gasteiger partial charge in [-0.05, 0) is 53.4 Å². The van der Waals surface area contributed by atoms with E-state index in [1.54, 1.807) is 7.11 Å². The molecule has 0 radical (unpaired) electrons. The molecule has 0 aromatic heterocycles. The van der Waals surface area contributed by atoms with Gasteiger partial charge >= 0.3 is 0 Å². The first-order valence-electron chi connectivity index (χ1n) is 7.40. The summed E-state index contributed by atoms with van der Waals surface area (Å²) in [7, 11) is 1.61. The molecule has 0 saturated carbocycles. The van der Waals surface area contributed by atoms with Crippen molar-refractivity contribution < 1.29 is 14.3 Å². The number of amides is 1. The minimum atomic E-state index is 0.0516. The minimum absolute atomic E-state index is 0.0516. The molecule has 0 spiro atoms. The summed E-state index contributed by atoms with van der Waals surface area (Å²) >= 11 is 3.43. The van der Waals surface area contributed by atoms with Gasteiger partial charge in [0.25, 0.3) is 5.91 Å². The summed E-state index contributed by atoms with van der Waals surface area (Å²) in [5, 5.41) is 0. The average Bonchev–Trinajstić information content (AvgIpc) is 2.99. The van der Waals surface area contributed by atoms with Crippen molar-refractivity contribution >= 4 is 21.8 Å². The quantitative estimate of drug-likeness (QED) is 0.783. The molecule has 116 valence electrons. The van der Waals surface area contributed by atoms with Crippen molar-refractivity contribution in [1.29, 1.82) is 0 Å². The molecule has 0 N–H and O–H groups in total. The van der Waals surface area contributed by atoms with Crippen molar-refractivity contribution in [3.8, 4) is 5.75 Å². The van der Waals surface area contributed by atoms with Crippen molar-refractivity contribution in [2.45, 2.75) is 32.3 Å². The van der Waals surface area contributed by atoms with Crippen LogP contribution < -0.4 is 4.74 Å². The van der Waals surface area contributed by atoms with Crippen molar-refractivity contribution in [3.05, 3.63) is 28.2 Å². The summed E-state index contributed by atoms with van der Waals surface area (Å²) in [6.45, 7) is 4.32. The molecule has 1 atom stereocenters. The summed E-state index contributed by atoms with van der Waals surface area (Å²) < 4.78 is 11.7. The van der Waals surface area contributed by atoms with Gasteiger partial charge in [-0.1, -0.05) is 6.92 Å². The SMILES string of the molecule is CCCN(CC1CCCO1)C(=O)c1ccc(OC)c(Br)c1. The number of halogens is 1. The van der Waals surface area contributed by atoms with Crippen LogP contribution in [0.25, 0.3) is 0 Å². The standard InChI is InChI=1S/C16H22BrNO3/c1-3-8-18(11-13-5-4-9-21-13)16(19)12-6-7-15(20-2)14(17)10-12/h6-7,10,13H,3-5,8-9,11H2,1-2H3. The lowest BCUT2D eigenvalue weighted by molar-refractivity contribution is 0.0526. The predicted molar refractivity (Wildman–Crippen MR) is 85.9 cm³/mol. The van der Waals surface area contributed by atoms with Crippen LogP contribution >= 0.6 is 15.9 Å². The molecular weight excluding hydrogens is 334 g/mol. The number of rotatable bonds is 6. The second-order valence-electron chi connectivity index (χ2n) is 5.24. The summed E-state index contributed by atoms with van der Waals surface area (Å²) in [4.78, 5) is 14.6. The third-order valence-corrected chi connectivity index (χ3v) is 4.25. The van der Waals surface area contributed by atoms with Crippen molar-refractivity contribution in [2.75, 3.05) is 26.8 Å². The van der Waals surface area contributed by atoms with Gasteiger partial charge in [0.1, 0.15) is 5.75 Å². The predicted octanol–water partition coefficient (Wildman–Crippen LogP) is 3.49. The third kappa shape index (κ3) is 4.20. The van der Waals surface area contributed by atoms with E-state index in [-0.39, 0.29) is 12.0 Å². The van der Waals surface area contributed by atoms with Gasteiger partial charge in [-0.3, -0.25) is 4.79 Å². The molecular formula is C16H22BrNO3. The lowest BCUT2D eigenvalue weighted by Crippen LogP contribution is -2.37. The molecule has 1 heterocycles. The van der Waals surface area contributed by atoms with Crippen LogP contribution in [0.4, 0.5) is 0 Å². The van der Waals surface area contributed by atoms with E-state index in [1.807, 2.05) is 23.1 Å². The molecule has 2 rings (SSSR count). The van der Waals surface area contributed by atoms with Crippen LogP contribution in [0.1, 0.15) is 36.5 Å². The fourth-order valence-electron chi connectivity index (χ4n) is 2.56. The fourth-order valence-corrected chi connectivity index (χ4v) is 3.10. The van der Waals surface area contributed by atoms with Gasteiger partial charge in [0, 0.05) is 25.3 Å². The molecule has 1 unspecified atom stereocenters. The zero-order valence-electron chi connectivity index (χ0n) is 12.6. The highest BCUT2D eigenvalue weighted by atomic mass is 79.9. The van der Waals surface area contributed by atoms with Crippen LogP contribution in [-0.2, 0) is 4.74 Å². The summed E-state index contributed by atoms with van der Waals surface area (Å²) in [6.07, 6.45) is 3.25. The van der Waals surface area contributed by atoms with Gasteiger partial charge in [-0.15, -0.1) is 0 Å². The van der Waals surface area contributed by atoms with Gasteiger partial charge in [0.05, 0.1) is 17.7 Å². The molecule has 21 heavy (non-hydrogen) atoms. The highest BCUT2D eigenvalue weighted by Gasteiger charge is 2.23. The lowest BCUT2D eigenvalue weighted by Gasteiger charge is -2.25. The maximum atomic E-state index is 12.7. The highest BCUT2D eigenvalue weighted by molar-refractivity contribution is 9.10. The van der Waals surface area contributed by atoms with E-state index >= 15 is 0 Å². The zero-order chi connectivity index (χ0) is 15.2. The summed E-state index contributed by atoms with van der Waals surface area (Å²) in [5.41, 5.74) is 0.675. The average molecular weight is 356 g/mol. The van der Waals surface area contributed by atoms with E-state index < -0.39 is 0 Å². The smallest absolute Gasteiger partial charge is 0.253 e. The Morgan fingerprint density at radius 1 is 1.52 bits per heavy atom. The minimum Gasteiger partial charge on any atom is -0.496 e. The number of methoxy groups -OCH3 is 1. The Morgan fingerprint density at radius 3 is 2.90 bits per heavy atom. The fraction of sp³-hybridized carbons (Fsp3) is 0.562. The topological polar surface area (TPSA) is 38.8 Å². The van der Waals surface area contributed by atoms with E-state index in [1.165, 1.54) is 0 Å². The number of carbonyl (C=O) groups excluding carboxylic acids is 1. The van der Waals surface area contributed by atoms with Crippen LogP contribution in [0, 0.1) is 0 Å². The van der Waals surface area contributed by atoms with E-state index in [2.05, 4.69) is 22.9 Å². The van der Waals surface area contributed by atoms with Gasteiger partial charge in [0.2, 0.25) is 0 Å². The Balaban J connectivity index is 2.11. The van der Waals surface area contributed by atoms with Crippen LogP contribution in [0.3, 0.4) is 0 Å². The normalized spacial score (nSPS) is 17.8. The third-order valence-electron chi connectivity index (χ3n) is 3.63. The first-order valence-corrected chi connectivity index (χ1v) is 8.19. The van der Waals surface area contributed by atoms with Gasteiger partial charge in [-0.25, -0.2) is 0 Å². The second kappa shape index (κ2) is 7.80. The maximum absolute atomic E-state index is 12.7. The molecule has 0 aliphatic carbocycles. The van der Waals surface area contributed by atoms with E-state index in [9.17, 15) is 4.79 Å². The van der Waals surface area contributed by atoms with Gasteiger partial charge in [0.15, 0.2) is 0 Å². The van der Waals surface area contributed by atoms with Crippen LogP contribution in [-0.4, -0.2) is 43.7 Å². The van der Waals surface area contributed by atoms with E-state index in [0.717, 1.165) is 42.6 Å². The summed E-state index contributed by atoms with van der Waals surface area (Å²) in [5.74, 6) is 0.781. The number of hydrogen-bond donors (Lipinski definition) is 0. The van der Waals surface area contributed by atoms with Crippen molar-refractivity contribution in [2.24, 2.45) is 0 Å². The lowest BCUT2D eigenvalue weighted by atomic mass is 10.1. The number of benzene rings is 1. The van der Waals surface area contributed by atoms with E-state index in [0.29, 0.717) is 12.1 Å². The first kappa shape index (κ1) is 16.3. The molecule has 1 aliphatic heterocycles. The highest BCUT2D eigenvalue weighted by Crippen LogP contribution is 2.26. The zero-order valence-corrected chi connectivity index (χ0v) is 14.2. The molecule has 1 amide bonds. The number of ether oxygens (including phenoxy) is 2. The maximum Gasteiger partial charge on any atom is 0.253 e. The molecule has 5 heteroatoms. The molecule has 1 saturated heterocycles. The Labute approximate surface area is 134 Å². The molecule has 1 aromatic rings. The number of carbonyl (C=O) groups is 1. The molecule has 1 aliphatic rings. The van der Waals surface area contributed by atoms with E-state index in [4.69, 9.17) is 9.47 Å². The molecule has 4 nitrogen and oxygen atoms in total. The van der Waals surface area contributed by atoms with Crippen LogP contribution in [0.5, 0.6) is 5.75 Å². The van der Waals surface area contributed by atoms with Crippen LogP contribution in [0.2, 0.25) is 0 Å². The largest absolute Gasteiger partial charge is 0.496 e. The van der Waals surface area contributed by atoms with Gasteiger partial charge in [-0.2, -0.15) is 0 Å². The molecule has 1 fully saturated rings. The van der Waals surface area contributed by atoms with Crippen molar-refractivity contribution in [1.82, 2.24) is 4.90 Å². The van der Waals surface area contributed by atoms with Gasteiger partial charge < -0.3 is 14.4 Å². The molecule has 0 bridgehead atoms. The second-order valence-corrected chi connectivity index (χ2v) is 6.09. The Hall–Kier alpha value is -1.07. The molecule has 1 aromatic carbocycles.